The van der Waals surface area contributed by atoms with Gasteiger partial charge in [-0.05, 0) is 40.2 Å². The molecule has 1 aliphatic rings. The van der Waals surface area contributed by atoms with Crippen LogP contribution in [0.2, 0.25) is 0 Å². The highest BCUT2D eigenvalue weighted by Gasteiger charge is 2.25. The molecular weight excluding hydrogens is 390 g/mol. The molecule has 1 aliphatic heterocycles. The second-order valence-corrected chi connectivity index (χ2v) is 5.89. The number of hydrogen-bond acceptors (Lipinski definition) is 5. The van der Waals surface area contributed by atoms with Crippen LogP contribution >= 0.6 is 15.9 Å². The fourth-order valence-corrected chi connectivity index (χ4v) is 2.63. The Labute approximate surface area is 151 Å². The number of carboxylic acids is 1. The van der Waals surface area contributed by atoms with Gasteiger partial charge in [0.1, 0.15) is 5.75 Å². The number of carboxylic acid groups (broad SMARTS) is 1. The van der Waals surface area contributed by atoms with Crippen LogP contribution in [0, 0.1) is 0 Å². The zero-order valence-corrected chi connectivity index (χ0v) is 14.4. The highest BCUT2D eigenvalue weighted by Crippen LogP contribution is 2.26. The molecule has 0 fully saturated rings. The lowest BCUT2D eigenvalue weighted by Crippen LogP contribution is -2.10. The topological polar surface area (TPSA) is 85.2 Å². The summed E-state index contributed by atoms with van der Waals surface area (Å²) < 4.78 is 11.2. The van der Waals surface area contributed by atoms with Crippen LogP contribution in [0.5, 0.6) is 5.75 Å². The van der Waals surface area contributed by atoms with E-state index >= 15 is 0 Å². The van der Waals surface area contributed by atoms with Crippen molar-refractivity contribution < 1.29 is 24.2 Å². The van der Waals surface area contributed by atoms with E-state index in [9.17, 15) is 9.59 Å². The Hall–Kier alpha value is -2.93. The van der Waals surface area contributed by atoms with Gasteiger partial charge in [-0.2, -0.15) is 0 Å². The summed E-state index contributed by atoms with van der Waals surface area (Å²) in [6.45, 7) is -0.476. The monoisotopic (exact) mass is 401 g/mol. The fourth-order valence-electron chi connectivity index (χ4n) is 2.18. The summed E-state index contributed by atoms with van der Waals surface area (Å²) in [5.74, 6) is -1.13. The third kappa shape index (κ3) is 3.95. The quantitative estimate of drug-likeness (QED) is 0.613. The van der Waals surface area contributed by atoms with Gasteiger partial charge < -0.3 is 14.6 Å². The molecule has 0 radical (unpaired) electrons. The lowest BCUT2D eigenvalue weighted by atomic mass is 10.1. The van der Waals surface area contributed by atoms with E-state index in [1.807, 2.05) is 18.2 Å². The van der Waals surface area contributed by atoms with Crippen molar-refractivity contribution in [2.24, 2.45) is 4.99 Å². The first-order valence-electron chi connectivity index (χ1n) is 7.25. The molecule has 7 heteroatoms. The molecule has 0 amide bonds. The maximum Gasteiger partial charge on any atom is 0.363 e. The normalized spacial score (nSPS) is 15.0. The molecule has 0 saturated carbocycles. The summed E-state index contributed by atoms with van der Waals surface area (Å²) >= 11 is 3.39. The van der Waals surface area contributed by atoms with Crippen LogP contribution in [-0.4, -0.2) is 29.5 Å². The number of halogens is 1. The Morgan fingerprint density at radius 2 is 1.92 bits per heavy atom. The number of cyclic esters (lactones) is 1. The van der Waals surface area contributed by atoms with E-state index in [1.165, 1.54) is 6.08 Å². The highest BCUT2D eigenvalue weighted by molar-refractivity contribution is 9.10. The first-order valence-corrected chi connectivity index (χ1v) is 8.05. The molecule has 0 atom stereocenters. The van der Waals surface area contributed by atoms with Crippen molar-refractivity contribution in [1.29, 1.82) is 0 Å². The fraction of sp³-hybridized carbons (Fsp3) is 0.0556. The molecule has 0 bridgehead atoms. The van der Waals surface area contributed by atoms with Gasteiger partial charge in [-0.3, -0.25) is 0 Å². The molecule has 2 aromatic carbocycles. The maximum absolute atomic E-state index is 12.1. The summed E-state index contributed by atoms with van der Waals surface area (Å²) in [7, 11) is 0. The number of benzene rings is 2. The summed E-state index contributed by atoms with van der Waals surface area (Å²) in [6, 6.07) is 14.0. The van der Waals surface area contributed by atoms with Crippen molar-refractivity contribution in [2.45, 2.75) is 0 Å². The second-order valence-electron chi connectivity index (χ2n) is 5.04. The van der Waals surface area contributed by atoms with Crippen molar-refractivity contribution in [3.63, 3.8) is 0 Å². The predicted octanol–water partition coefficient (Wildman–Crippen LogP) is 3.26. The minimum absolute atomic E-state index is 0.108. The van der Waals surface area contributed by atoms with Gasteiger partial charge in [0.05, 0.1) is 5.56 Å². The van der Waals surface area contributed by atoms with Gasteiger partial charge in [0, 0.05) is 10.0 Å². The molecular formula is C18H12BrNO5. The number of aliphatic carboxylic acids is 1. The van der Waals surface area contributed by atoms with E-state index < -0.39 is 18.5 Å². The lowest BCUT2D eigenvalue weighted by molar-refractivity contribution is -0.139. The average Bonchev–Trinajstić information content (AvgIpc) is 2.95. The predicted molar refractivity (Wildman–Crippen MR) is 94.3 cm³/mol. The zero-order chi connectivity index (χ0) is 17.8. The summed E-state index contributed by atoms with van der Waals surface area (Å²) in [4.78, 5) is 27.0. The van der Waals surface area contributed by atoms with E-state index in [4.69, 9.17) is 14.6 Å². The zero-order valence-electron chi connectivity index (χ0n) is 12.8. The number of hydrogen-bond donors (Lipinski definition) is 1. The molecule has 3 rings (SSSR count). The summed E-state index contributed by atoms with van der Waals surface area (Å²) in [5, 5.41) is 8.74. The molecule has 0 spiro atoms. The number of para-hydroxylation sites is 1. The van der Waals surface area contributed by atoms with Crippen molar-refractivity contribution in [1.82, 2.24) is 0 Å². The Morgan fingerprint density at radius 3 is 2.68 bits per heavy atom. The van der Waals surface area contributed by atoms with E-state index in [2.05, 4.69) is 20.9 Å². The van der Waals surface area contributed by atoms with E-state index in [0.717, 1.165) is 4.47 Å². The average molecular weight is 402 g/mol. The van der Waals surface area contributed by atoms with Crippen molar-refractivity contribution in [2.75, 3.05) is 6.61 Å². The minimum Gasteiger partial charge on any atom is -0.481 e. The smallest absolute Gasteiger partial charge is 0.363 e. The minimum atomic E-state index is -1.09. The SMILES string of the molecule is O=C(O)COc1ccccc1/C=C1\N=C(c2ccccc2Br)OC1=O. The van der Waals surface area contributed by atoms with E-state index in [0.29, 0.717) is 16.9 Å². The van der Waals surface area contributed by atoms with Crippen molar-refractivity contribution in [3.05, 3.63) is 69.8 Å². The van der Waals surface area contributed by atoms with E-state index in [1.54, 1.807) is 30.3 Å². The number of nitrogens with zero attached hydrogens (tertiary/aromatic N) is 1. The largest absolute Gasteiger partial charge is 0.481 e. The van der Waals surface area contributed by atoms with Crippen molar-refractivity contribution in [3.8, 4) is 5.75 Å². The van der Waals surface area contributed by atoms with Crippen LogP contribution in [0.4, 0.5) is 0 Å². The molecule has 0 saturated heterocycles. The van der Waals surface area contributed by atoms with Crippen LogP contribution < -0.4 is 4.74 Å². The number of aliphatic imine (C=N–C) groups is 1. The van der Waals surface area contributed by atoms with Crippen LogP contribution in [0.1, 0.15) is 11.1 Å². The Bertz CT molecular complexity index is 904. The number of ether oxygens (including phenoxy) is 2. The van der Waals surface area contributed by atoms with Crippen LogP contribution in [0.15, 0.2) is 63.7 Å². The number of rotatable bonds is 5. The molecule has 2 aromatic rings. The number of esters is 1. The third-order valence-electron chi connectivity index (χ3n) is 3.29. The molecule has 0 unspecified atom stereocenters. The maximum atomic E-state index is 12.1. The van der Waals surface area contributed by atoms with Crippen molar-refractivity contribution >= 4 is 39.8 Å². The van der Waals surface area contributed by atoms with Crippen LogP contribution in [-0.2, 0) is 14.3 Å². The Morgan fingerprint density at radius 1 is 1.20 bits per heavy atom. The van der Waals surface area contributed by atoms with Crippen LogP contribution in [0.25, 0.3) is 6.08 Å². The van der Waals surface area contributed by atoms with Crippen LogP contribution in [0.3, 0.4) is 0 Å². The number of carbonyl (C=O) groups is 2. The number of carbonyl (C=O) groups excluding carboxylic acids is 1. The molecule has 25 heavy (non-hydrogen) atoms. The highest BCUT2D eigenvalue weighted by atomic mass is 79.9. The lowest BCUT2D eigenvalue weighted by Gasteiger charge is -2.06. The first-order chi connectivity index (χ1) is 12.0. The second kappa shape index (κ2) is 7.31. The molecule has 1 N–H and O–H groups in total. The molecule has 0 aliphatic carbocycles. The molecule has 126 valence electrons. The van der Waals surface area contributed by atoms with Gasteiger partial charge in [0.25, 0.3) is 0 Å². The van der Waals surface area contributed by atoms with Gasteiger partial charge in [0.15, 0.2) is 12.3 Å². The standard InChI is InChI=1S/C18H12BrNO5/c19-13-7-3-2-6-12(13)17-20-14(18(23)25-17)9-11-5-1-4-8-15(11)24-10-16(21)22/h1-9H,10H2,(H,21,22)/b14-9-. The molecule has 6 nitrogen and oxygen atoms in total. The molecule has 1 heterocycles. The Kier molecular flexibility index (Phi) is 4.95. The summed E-state index contributed by atoms with van der Waals surface area (Å²) in [5.41, 5.74) is 1.31. The first kappa shape index (κ1) is 16.9. The van der Waals surface area contributed by atoms with E-state index in [-0.39, 0.29) is 11.6 Å². The Balaban J connectivity index is 1.93. The van der Waals surface area contributed by atoms with Gasteiger partial charge in [0.2, 0.25) is 5.90 Å². The van der Waals surface area contributed by atoms with Gasteiger partial charge in [-0.1, -0.05) is 30.3 Å². The summed E-state index contributed by atoms with van der Waals surface area (Å²) in [6.07, 6.45) is 1.50. The van der Waals surface area contributed by atoms with Gasteiger partial charge in [-0.15, -0.1) is 0 Å². The molecule has 0 aromatic heterocycles. The third-order valence-corrected chi connectivity index (χ3v) is 3.98. The van der Waals surface area contributed by atoms with Gasteiger partial charge >= 0.3 is 11.9 Å². The van der Waals surface area contributed by atoms with Gasteiger partial charge in [-0.25, -0.2) is 14.6 Å².